The Kier molecular flexibility index (Phi) is 11.0. The largest absolute Gasteiger partial charge is 0.504 e. The monoisotopic (exact) mass is 811 g/mol. The summed E-state index contributed by atoms with van der Waals surface area (Å²) in [7, 11) is 0. The number of benzene rings is 7. The fourth-order valence-corrected chi connectivity index (χ4v) is 8.44. The highest BCUT2D eigenvalue weighted by molar-refractivity contribution is 5.95. The number of hydrogen-bond donors (Lipinski definition) is 5. The molecule has 0 saturated heterocycles. The molecule has 6 heteroatoms. The van der Waals surface area contributed by atoms with Crippen LogP contribution in [0.15, 0.2) is 200 Å². The number of rotatable bonds is 9. The molecule has 0 bridgehead atoms. The molecule has 0 fully saturated rings. The molecule has 0 heterocycles. The minimum absolute atomic E-state index is 0.183. The molecule has 0 spiro atoms. The van der Waals surface area contributed by atoms with Crippen molar-refractivity contribution in [1.29, 1.82) is 0 Å². The first-order valence-corrected chi connectivity index (χ1v) is 20.8. The average molecular weight is 812 g/mol. The quantitative estimate of drug-likeness (QED) is 0.0735. The van der Waals surface area contributed by atoms with E-state index in [9.17, 15) is 25.5 Å². The lowest BCUT2D eigenvalue weighted by molar-refractivity contribution is 0.327. The van der Waals surface area contributed by atoms with Crippen LogP contribution in [-0.4, -0.2) is 25.5 Å². The van der Waals surface area contributed by atoms with Crippen LogP contribution in [0.25, 0.3) is 55.7 Å². The molecule has 7 aromatic rings. The first-order valence-electron chi connectivity index (χ1n) is 20.8. The molecule has 0 atom stereocenters. The maximum Gasteiger partial charge on any atom is 0.208 e. The summed E-state index contributed by atoms with van der Waals surface area (Å²) < 4.78 is 0. The lowest BCUT2D eigenvalue weighted by Gasteiger charge is -2.32. The van der Waals surface area contributed by atoms with Crippen LogP contribution in [0.1, 0.15) is 36.8 Å². The fourth-order valence-electron chi connectivity index (χ4n) is 8.44. The van der Waals surface area contributed by atoms with Crippen LogP contribution >= 0.6 is 0 Å². The van der Waals surface area contributed by atoms with Crippen molar-refractivity contribution in [2.75, 3.05) is 4.90 Å². The zero-order valence-corrected chi connectivity index (χ0v) is 34.0. The van der Waals surface area contributed by atoms with Crippen LogP contribution < -0.4 is 4.90 Å². The smallest absolute Gasteiger partial charge is 0.208 e. The lowest BCUT2D eigenvalue weighted by atomic mass is 9.90. The van der Waals surface area contributed by atoms with E-state index in [1.165, 1.54) is 0 Å². The Balaban J connectivity index is 1.26. The van der Waals surface area contributed by atoms with Gasteiger partial charge in [0, 0.05) is 22.5 Å². The van der Waals surface area contributed by atoms with Gasteiger partial charge in [0.25, 0.3) is 0 Å². The van der Waals surface area contributed by atoms with E-state index in [4.69, 9.17) is 0 Å². The van der Waals surface area contributed by atoms with Crippen LogP contribution in [-0.2, 0) is 0 Å². The summed E-state index contributed by atoms with van der Waals surface area (Å²) in [6.45, 7) is 0. The first-order chi connectivity index (χ1) is 30.4. The number of allylic oxidation sites excluding steroid dienone is 10. The van der Waals surface area contributed by atoms with Gasteiger partial charge in [0.15, 0.2) is 11.5 Å². The molecule has 0 aliphatic heterocycles. The Morgan fingerprint density at radius 1 is 0.435 bits per heavy atom. The predicted octanol–water partition coefficient (Wildman–Crippen LogP) is 14.1. The van der Waals surface area contributed by atoms with Crippen molar-refractivity contribution < 1.29 is 25.5 Å². The molecule has 0 radical (unpaired) electrons. The van der Waals surface area contributed by atoms with Crippen LogP contribution in [0.2, 0.25) is 0 Å². The van der Waals surface area contributed by atoms with Crippen LogP contribution in [0.3, 0.4) is 0 Å². The van der Waals surface area contributed by atoms with E-state index in [1.807, 2.05) is 48.5 Å². The van der Waals surface area contributed by atoms with E-state index >= 15 is 0 Å². The minimum Gasteiger partial charge on any atom is -0.504 e. The Labute approximate surface area is 361 Å². The Morgan fingerprint density at radius 2 is 0.984 bits per heavy atom. The molecule has 2 aliphatic carbocycles. The molecular weight excluding hydrogens is 767 g/mol. The molecule has 62 heavy (non-hydrogen) atoms. The second kappa shape index (κ2) is 17.3. The predicted molar refractivity (Wildman–Crippen MR) is 252 cm³/mol. The zero-order chi connectivity index (χ0) is 42.6. The van der Waals surface area contributed by atoms with E-state index < -0.39 is 28.7 Å². The van der Waals surface area contributed by atoms with E-state index in [2.05, 4.69) is 144 Å². The molecule has 0 unspecified atom stereocenters. The molecule has 304 valence electrons. The van der Waals surface area contributed by atoms with Crippen molar-refractivity contribution in [3.05, 3.63) is 211 Å². The van der Waals surface area contributed by atoms with Crippen LogP contribution in [0.4, 0.5) is 11.4 Å². The van der Waals surface area contributed by atoms with Crippen molar-refractivity contribution in [2.45, 2.75) is 25.7 Å². The van der Waals surface area contributed by atoms with Gasteiger partial charge in [0.05, 0.1) is 11.3 Å². The normalized spacial score (nSPS) is 13.7. The van der Waals surface area contributed by atoms with Gasteiger partial charge in [0.2, 0.25) is 17.2 Å². The third-order valence-corrected chi connectivity index (χ3v) is 11.6. The molecule has 0 aromatic heterocycles. The lowest BCUT2D eigenvalue weighted by Crippen LogP contribution is -2.19. The third kappa shape index (κ3) is 7.66. The Hall–Kier alpha value is -7.96. The first kappa shape index (κ1) is 39.5. The van der Waals surface area contributed by atoms with Gasteiger partial charge in [-0.2, -0.15) is 0 Å². The van der Waals surface area contributed by atoms with Gasteiger partial charge in [-0.3, -0.25) is 0 Å². The minimum atomic E-state index is -0.999. The molecule has 6 nitrogen and oxygen atoms in total. The number of anilines is 2. The van der Waals surface area contributed by atoms with Gasteiger partial charge in [-0.25, -0.2) is 0 Å². The Morgan fingerprint density at radius 3 is 1.65 bits per heavy atom. The van der Waals surface area contributed by atoms with Crippen molar-refractivity contribution in [1.82, 2.24) is 0 Å². The highest BCUT2D eigenvalue weighted by Crippen LogP contribution is 2.55. The van der Waals surface area contributed by atoms with Crippen molar-refractivity contribution in [3.63, 3.8) is 0 Å². The highest BCUT2D eigenvalue weighted by Gasteiger charge is 2.30. The van der Waals surface area contributed by atoms with E-state index in [0.717, 1.165) is 79.9 Å². The summed E-state index contributed by atoms with van der Waals surface area (Å²) in [5.41, 5.74) is 13.2. The molecule has 9 rings (SSSR count). The van der Waals surface area contributed by atoms with Gasteiger partial charge >= 0.3 is 0 Å². The van der Waals surface area contributed by atoms with Gasteiger partial charge in [0.1, 0.15) is 0 Å². The molecule has 5 N–H and O–H groups in total. The van der Waals surface area contributed by atoms with E-state index in [1.54, 1.807) is 6.08 Å². The Bertz CT molecular complexity index is 2900. The van der Waals surface area contributed by atoms with Crippen LogP contribution in [0.5, 0.6) is 28.7 Å². The summed E-state index contributed by atoms with van der Waals surface area (Å²) in [5.74, 6) is -4.31. The summed E-state index contributed by atoms with van der Waals surface area (Å²) in [6, 6.07) is 52.2. The number of nitrogens with zero attached hydrogens (tertiary/aromatic N) is 1. The maximum atomic E-state index is 11.4. The molecule has 2 aliphatic rings. The average Bonchev–Trinajstić information content (AvgIpc) is 3.76. The molecule has 0 saturated carbocycles. The van der Waals surface area contributed by atoms with Crippen molar-refractivity contribution in [3.8, 4) is 73.3 Å². The second-order valence-corrected chi connectivity index (χ2v) is 15.4. The third-order valence-electron chi connectivity index (χ3n) is 11.6. The number of hydrogen-bond acceptors (Lipinski definition) is 6. The second-order valence-electron chi connectivity index (χ2n) is 15.4. The molecular formula is C56H45NO5. The van der Waals surface area contributed by atoms with Gasteiger partial charge in [-0.05, 0) is 106 Å². The number of aromatic hydroxyl groups is 5. The van der Waals surface area contributed by atoms with E-state index in [-0.39, 0.29) is 5.56 Å². The standard InChI is InChI=1S/C56H45NO5/c58-52-51(53(59)55(61)56(62)54(52)60)46-25-15-6-16-26-49(46)57(50-34-30-43(37-17-9-3-10-18-37)36-48(50)41-23-13-5-14-24-41)44-31-27-38(28-32-44)42-29-33-45(39-19-7-1-2-8-20-39)47(35-42)40-21-11-4-12-22-40/h1,3-5,7-15,17-25,27-36,58-62H,2,6,16,26H2. The van der Waals surface area contributed by atoms with E-state index in [0.29, 0.717) is 24.1 Å². The van der Waals surface area contributed by atoms with Crippen LogP contribution in [0, 0.1) is 0 Å². The summed E-state index contributed by atoms with van der Waals surface area (Å²) in [6.07, 6.45) is 17.4. The topological polar surface area (TPSA) is 104 Å². The summed E-state index contributed by atoms with van der Waals surface area (Å²) >= 11 is 0. The van der Waals surface area contributed by atoms with Gasteiger partial charge in [-0.15, -0.1) is 0 Å². The summed E-state index contributed by atoms with van der Waals surface area (Å²) in [5, 5.41) is 54.7. The fraction of sp³-hybridized carbons (Fsp3) is 0.0714. The van der Waals surface area contributed by atoms with Crippen molar-refractivity contribution >= 4 is 22.5 Å². The van der Waals surface area contributed by atoms with Gasteiger partial charge in [-0.1, -0.05) is 164 Å². The highest BCUT2D eigenvalue weighted by atomic mass is 16.4. The zero-order valence-electron chi connectivity index (χ0n) is 34.0. The SMILES string of the molecule is Oc1c(O)c(O)c(C2=C(N(c3ccc(-c4ccc(C5=CC=CCC=C5)c(-c5ccccc5)c4)cc3)c3ccc(-c4ccccc4)cc3-c3ccccc3)CCCC=C2)c(O)c1O. The van der Waals surface area contributed by atoms with Crippen molar-refractivity contribution in [2.24, 2.45) is 0 Å². The summed E-state index contributed by atoms with van der Waals surface area (Å²) in [4.78, 5) is 2.14. The number of phenols is 5. The molecule has 0 amide bonds. The maximum absolute atomic E-state index is 11.4. The van der Waals surface area contributed by atoms with Gasteiger partial charge < -0.3 is 30.4 Å². The number of phenolic OH excluding ortho intramolecular Hbond substituents is 5. The molecule has 7 aromatic carbocycles.